The Morgan fingerprint density at radius 3 is 1.96 bits per heavy atom. The third kappa shape index (κ3) is 6.06. The molecular weight excluding hydrogens is 420 g/mol. The SMILES string of the molecule is O=S(=O)(O)c1ccc(/N=N/c2ccc(C[C@@H](O)CCl)c(S(=O)(=O)O)c2)cc1. The lowest BCUT2D eigenvalue weighted by Crippen LogP contribution is -2.14. The summed E-state index contributed by atoms with van der Waals surface area (Å²) in [5, 5.41) is 17.3. The summed E-state index contributed by atoms with van der Waals surface area (Å²) in [6.07, 6.45) is -1.06. The van der Waals surface area contributed by atoms with Crippen LogP contribution in [-0.4, -0.2) is 43.0 Å². The molecule has 0 heterocycles. The molecule has 0 aliphatic heterocycles. The first-order valence-electron chi connectivity index (χ1n) is 7.34. The number of halogens is 1. The predicted molar refractivity (Wildman–Crippen MR) is 97.1 cm³/mol. The first-order chi connectivity index (χ1) is 12.5. The molecule has 0 aromatic heterocycles. The molecule has 3 N–H and O–H groups in total. The van der Waals surface area contributed by atoms with E-state index in [0.717, 1.165) is 18.2 Å². The van der Waals surface area contributed by atoms with Crippen molar-refractivity contribution in [3.8, 4) is 0 Å². The van der Waals surface area contributed by atoms with Crippen molar-refractivity contribution in [2.45, 2.75) is 22.3 Å². The first kappa shape index (κ1) is 21.4. The van der Waals surface area contributed by atoms with Gasteiger partial charge in [0.1, 0.15) is 0 Å². The van der Waals surface area contributed by atoms with Crippen molar-refractivity contribution >= 4 is 43.2 Å². The van der Waals surface area contributed by atoms with Gasteiger partial charge in [-0.2, -0.15) is 27.1 Å². The highest BCUT2D eigenvalue weighted by atomic mass is 35.5. The molecule has 1 atom stereocenters. The van der Waals surface area contributed by atoms with Gasteiger partial charge in [-0.3, -0.25) is 9.11 Å². The largest absolute Gasteiger partial charge is 0.392 e. The van der Waals surface area contributed by atoms with Crippen LogP contribution in [0.5, 0.6) is 0 Å². The van der Waals surface area contributed by atoms with Gasteiger partial charge in [0.25, 0.3) is 20.2 Å². The second kappa shape index (κ2) is 8.42. The Labute approximate surface area is 160 Å². The number of aliphatic hydroxyl groups is 1. The number of hydrogen-bond acceptors (Lipinski definition) is 7. The molecule has 12 heteroatoms. The normalized spacial score (nSPS) is 13.8. The second-order valence-corrected chi connectivity index (χ2v) is 8.57. The molecule has 0 saturated carbocycles. The number of rotatable bonds is 7. The molecule has 0 amide bonds. The minimum atomic E-state index is -4.57. The standard InChI is InChI=1S/C15H15ClN2O7S2/c16-9-13(19)7-10-1-2-12(8-15(10)27(23,24)25)18-17-11-3-5-14(6-4-11)26(20,21)22/h1-6,8,13,19H,7,9H2,(H,20,21,22)(H,23,24,25)/b18-17+/t13-/m1/s1. The number of alkyl halides is 1. The number of azo groups is 1. The maximum Gasteiger partial charge on any atom is 0.294 e. The lowest BCUT2D eigenvalue weighted by Gasteiger charge is -2.10. The molecule has 0 spiro atoms. The quantitative estimate of drug-likeness (QED) is 0.344. The fourth-order valence-corrected chi connectivity index (χ4v) is 3.46. The molecule has 2 aromatic rings. The van der Waals surface area contributed by atoms with Gasteiger partial charge in [-0.15, -0.1) is 11.6 Å². The molecular formula is C15H15ClN2O7S2. The highest BCUT2D eigenvalue weighted by Gasteiger charge is 2.18. The van der Waals surface area contributed by atoms with Crippen molar-refractivity contribution in [1.82, 2.24) is 0 Å². The minimum absolute atomic E-state index is 0.0762. The summed E-state index contributed by atoms with van der Waals surface area (Å²) in [5.74, 6) is -0.105. The molecule has 0 aliphatic rings. The summed E-state index contributed by atoms with van der Waals surface area (Å²) in [7, 11) is -8.89. The van der Waals surface area contributed by atoms with E-state index in [-0.39, 0.29) is 34.1 Å². The van der Waals surface area contributed by atoms with Gasteiger partial charge in [-0.05, 0) is 42.0 Å². The predicted octanol–water partition coefficient (Wildman–Crippen LogP) is 2.74. The zero-order valence-corrected chi connectivity index (χ0v) is 16.0. The molecule has 2 rings (SSSR count). The second-order valence-electron chi connectivity index (χ2n) is 5.45. The van der Waals surface area contributed by atoms with Gasteiger partial charge in [-0.25, -0.2) is 0 Å². The van der Waals surface area contributed by atoms with Crippen molar-refractivity contribution in [1.29, 1.82) is 0 Å². The maximum absolute atomic E-state index is 11.6. The summed E-state index contributed by atoms with van der Waals surface area (Å²) >= 11 is 5.51. The molecule has 0 unspecified atom stereocenters. The van der Waals surface area contributed by atoms with Gasteiger partial charge in [0.15, 0.2) is 0 Å². The number of benzene rings is 2. The van der Waals surface area contributed by atoms with Crippen LogP contribution in [-0.2, 0) is 26.7 Å². The minimum Gasteiger partial charge on any atom is -0.392 e. The molecule has 0 bridgehead atoms. The Hall–Kier alpha value is -1.89. The smallest absolute Gasteiger partial charge is 0.294 e. The summed E-state index contributed by atoms with van der Waals surface area (Å²) in [5.41, 5.74) is 0.519. The topological polar surface area (TPSA) is 154 Å². The van der Waals surface area contributed by atoms with Gasteiger partial charge in [0.2, 0.25) is 0 Å². The molecule has 0 radical (unpaired) electrons. The van der Waals surface area contributed by atoms with E-state index in [0.29, 0.717) is 0 Å². The summed E-state index contributed by atoms with van der Waals surface area (Å²) in [4.78, 5) is -0.734. The monoisotopic (exact) mass is 434 g/mol. The number of nitrogens with zero attached hydrogens (tertiary/aromatic N) is 2. The Bertz CT molecular complexity index is 1050. The van der Waals surface area contributed by atoms with Crippen LogP contribution in [0.25, 0.3) is 0 Å². The molecule has 0 aliphatic carbocycles. The van der Waals surface area contributed by atoms with Gasteiger partial charge < -0.3 is 5.11 Å². The van der Waals surface area contributed by atoms with Crippen LogP contribution in [0.15, 0.2) is 62.5 Å². The lowest BCUT2D eigenvalue weighted by atomic mass is 10.1. The highest BCUT2D eigenvalue weighted by Crippen LogP contribution is 2.26. The van der Waals surface area contributed by atoms with Crippen molar-refractivity contribution in [3.63, 3.8) is 0 Å². The molecule has 0 fully saturated rings. The van der Waals surface area contributed by atoms with E-state index in [1.165, 1.54) is 24.3 Å². The van der Waals surface area contributed by atoms with E-state index in [4.69, 9.17) is 16.2 Å². The van der Waals surface area contributed by atoms with Crippen LogP contribution < -0.4 is 0 Å². The van der Waals surface area contributed by atoms with Crippen LogP contribution in [0.2, 0.25) is 0 Å². The van der Waals surface area contributed by atoms with Crippen molar-refractivity contribution in [3.05, 3.63) is 48.0 Å². The summed E-state index contributed by atoms with van der Waals surface area (Å²) in [6.45, 7) is 0. The van der Waals surface area contributed by atoms with Gasteiger partial charge >= 0.3 is 0 Å². The van der Waals surface area contributed by atoms with Crippen LogP contribution in [0.1, 0.15) is 5.56 Å². The Balaban J connectivity index is 2.32. The van der Waals surface area contributed by atoms with E-state index in [1.54, 1.807) is 0 Å². The van der Waals surface area contributed by atoms with Crippen LogP contribution in [0, 0.1) is 0 Å². The van der Waals surface area contributed by atoms with Crippen LogP contribution in [0.4, 0.5) is 11.4 Å². The third-order valence-corrected chi connectivity index (χ3v) is 5.54. The van der Waals surface area contributed by atoms with Gasteiger partial charge in [0.05, 0.1) is 27.3 Å². The zero-order valence-electron chi connectivity index (χ0n) is 13.6. The van der Waals surface area contributed by atoms with Crippen LogP contribution in [0.3, 0.4) is 0 Å². The maximum atomic E-state index is 11.6. The van der Waals surface area contributed by atoms with E-state index < -0.39 is 31.2 Å². The molecule has 27 heavy (non-hydrogen) atoms. The van der Waals surface area contributed by atoms with Gasteiger partial charge in [-0.1, -0.05) is 6.07 Å². The van der Waals surface area contributed by atoms with E-state index in [1.807, 2.05) is 0 Å². The Morgan fingerprint density at radius 1 is 0.889 bits per heavy atom. The Morgan fingerprint density at radius 2 is 1.44 bits per heavy atom. The highest BCUT2D eigenvalue weighted by molar-refractivity contribution is 7.86. The van der Waals surface area contributed by atoms with E-state index >= 15 is 0 Å². The Kier molecular flexibility index (Phi) is 6.68. The van der Waals surface area contributed by atoms with Crippen LogP contribution >= 0.6 is 11.6 Å². The molecule has 2 aromatic carbocycles. The fourth-order valence-electron chi connectivity index (χ4n) is 2.12. The summed E-state index contributed by atoms with van der Waals surface area (Å²) in [6, 6.07) is 8.73. The average molecular weight is 435 g/mol. The first-order valence-corrected chi connectivity index (χ1v) is 10.8. The van der Waals surface area contributed by atoms with Crippen molar-refractivity contribution in [2.24, 2.45) is 10.2 Å². The number of hydrogen-bond donors (Lipinski definition) is 3. The zero-order chi connectivity index (χ0) is 20.2. The fraction of sp³-hybridized carbons (Fsp3) is 0.200. The van der Waals surface area contributed by atoms with Gasteiger partial charge in [0, 0.05) is 12.3 Å². The van der Waals surface area contributed by atoms with E-state index in [2.05, 4.69) is 10.2 Å². The lowest BCUT2D eigenvalue weighted by molar-refractivity contribution is 0.198. The van der Waals surface area contributed by atoms with E-state index in [9.17, 15) is 26.5 Å². The molecule has 0 saturated heterocycles. The molecule has 146 valence electrons. The molecule has 9 nitrogen and oxygen atoms in total. The number of aliphatic hydroxyl groups excluding tert-OH is 1. The summed E-state index contributed by atoms with van der Waals surface area (Å²) < 4.78 is 63.4. The van der Waals surface area contributed by atoms with Crippen molar-refractivity contribution < 1.29 is 31.0 Å². The third-order valence-electron chi connectivity index (χ3n) is 3.38. The average Bonchev–Trinajstić information content (AvgIpc) is 2.59. The van der Waals surface area contributed by atoms with Crippen molar-refractivity contribution in [2.75, 3.05) is 5.88 Å².